The molecule has 1 aromatic rings. The summed E-state index contributed by atoms with van der Waals surface area (Å²) in [4.78, 5) is 1.93. The maximum absolute atomic E-state index is 9.18. The fourth-order valence-corrected chi connectivity index (χ4v) is 2.06. The summed E-state index contributed by atoms with van der Waals surface area (Å²) in [6.07, 6.45) is 0. The first-order valence-corrected chi connectivity index (χ1v) is 6.09. The van der Waals surface area contributed by atoms with Crippen molar-refractivity contribution in [2.24, 2.45) is 0 Å². The molecular weight excluding hydrogens is 230 g/mol. The molecular formula is C14H23NO3. The second-order valence-electron chi connectivity index (χ2n) is 4.70. The Hall–Kier alpha value is -1.10. The molecule has 0 aromatic heterocycles. The van der Waals surface area contributed by atoms with Gasteiger partial charge in [0.25, 0.3) is 0 Å². The normalized spacial score (nSPS) is 11.3. The summed E-state index contributed by atoms with van der Waals surface area (Å²) < 4.78 is 5.40. The summed E-state index contributed by atoms with van der Waals surface area (Å²) in [5.41, 5.74) is 3.42. The van der Waals surface area contributed by atoms with Gasteiger partial charge in [-0.15, -0.1) is 0 Å². The summed E-state index contributed by atoms with van der Waals surface area (Å²) in [6, 6.07) is 3.87. The Morgan fingerprint density at radius 1 is 1.22 bits per heavy atom. The van der Waals surface area contributed by atoms with Gasteiger partial charge in [-0.25, -0.2) is 0 Å². The molecule has 0 radical (unpaired) electrons. The van der Waals surface area contributed by atoms with E-state index in [9.17, 15) is 10.2 Å². The van der Waals surface area contributed by atoms with E-state index >= 15 is 0 Å². The topological polar surface area (TPSA) is 52.9 Å². The first kappa shape index (κ1) is 15.0. The largest absolute Gasteiger partial charge is 0.496 e. The van der Waals surface area contributed by atoms with E-state index in [1.54, 1.807) is 7.11 Å². The minimum absolute atomic E-state index is 0.0553. The van der Waals surface area contributed by atoms with Crippen LogP contribution in [0.25, 0.3) is 0 Å². The summed E-state index contributed by atoms with van der Waals surface area (Å²) in [6.45, 7) is 4.61. The monoisotopic (exact) mass is 253 g/mol. The van der Waals surface area contributed by atoms with Gasteiger partial charge in [-0.3, -0.25) is 4.90 Å². The zero-order chi connectivity index (χ0) is 13.7. The van der Waals surface area contributed by atoms with Crippen molar-refractivity contribution in [1.82, 2.24) is 4.90 Å². The Morgan fingerprint density at radius 3 is 2.33 bits per heavy atom. The standard InChI is InChI=1S/C14H23NO3/c1-10-5-11(2)13(14(6-10)18-4)7-15(3)12(8-16)9-17/h5-6,12,16-17H,7-9H2,1-4H3. The summed E-state index contributed by atoms with van der Waals surface area (Å²) in [5, 5.41) is 18.4. The van der Waals surface area contributed by atoms with Crippen LogP contribution in [0, 0.1) is 13.8 Å². The Balaban J connectivity index is 2.96. The van der Waals surface area contributed by atoms with Crippen molar-refractivity contribution in [2.45, 2.75) is 26.4 Å². The van der Waals surface area contributed by atoms with Gasteiger partial charge >= 0.3 is 0 Å². The van der Waals surface area contributed by atoms with Crippen LogP contribution in [-0.4, -0.2) is 48.5 Å². The van der Waals surface area contributed by atoms with Crippen molar-refractivity contribution < 1.29 is 14.9 Å². The number of likely N-dealkylation sites (N-methyl/N-ethyl adjacent to an activating group) is 1. The highest BCUT2D eigenvalue weighted by Crippen LogP contribution is 2.25. The molecule has 0 aliphatic carbocycles. The molecule has 0 aliphatic rings. The average Bonchev–Trinajstić information content (AvgIpc) is 2.33. The molecule has 0 unspecified atom stereocenters. The highest BCUT2D eigenvalue weighted by molar-refractivity contribution is 5.43. The van der Waals surface area contributed by atoms with Gasteiger partial charge in [-0.05, 0) is 38.1 Å². The molecule has 18 heavy (non-hydrogen) atoms. The Labute approximate surface area is 109 Å². The zero-order valence-corrected chi connectivity index (χ0v) is 11.6. The van der Waals surface area contributed by atoms with Crippen LogP contribution in [0.2, 0.25) is 0 Å². The molecule has 1 aromatic carbocycles. The molecule has 0 fully saturated rings. The van der Waals surface area contributed by atoms with Crippen molar-refractivity contribution in [1.29, 1.82) is 0 Å². The molecule has 0 bridgehead atoms. The van der Waals surface area contributed by atoms with E-state index in [0.717, 1.165) is 22.4 Å². The van der Waals surface area contributed by atoms with E-state index < -0.39 is 0 Å². The second kappa shape index (κ2) is 6.73. The Bertz CT molecular complexity index is 389. The van der Waals surface area contributed by atoms with E-state index in [0.29, 0.717) is 6.54 Å². The van der Waals surface area contributed by atoms with Gasteiger partial charge in [0.15, 0.2) is 0 Å². The van der Waals surface area contributed by atoms with Gasteiger partial charge in [0.05, 0.1) is 26.4 Å². The van der Waals surface area contributed by atoms with Crippen LogP contribution in [0.15, 0.2) is 12.1 Å². The SMILES string of the molecule is COc1cc(C)cc(C)c1CN(C)C(CO)CO. The van der Waals surface area contributed by atoms with Gasteiger partial charge in [0.2, 0.25) is 0 Å². The van der Waals surface area contributed by atoms with Crippen molar-refractivity contribution in [2.75, 3.05) is 27.4 Å². The minimum atomic E-state index is -0.240. The predicted octanol–water partition coefficient (Wildman–Crippen LogP) is 1.10. The Kier molecular flexibility index (Phi) is 5.59. The molecule has 2 N–H and O–H groups in total. The summed E-state index contributed by atoms with van der Waals surface area (Å²) >= 11 is 0. The smallest absolute Gasteiger partial charge is 0.123 e. The van der Waals surface area contributed by atoms with Gasteiger partial charge in [-0.2, -0.15) is 0 Å². The predicted molar refractivity (Wildman–Crippen MR) is 71.9 cm³/mol. The number of nitrogens with zero attached hydrogens (tertiary/aromatic N) is 1. The number of hydrogen-bond donors (Lipinski definition) is 2. The molecule has 4 heteroatoms. The van der Waals surface area contributed by atoms with Crippen LogP contribution < -0.4 is 4.74 Å². The molecule has 0 amide bonds. The van der Waals surface area contributed by atoms with Crippen LogP contribution >= 0.6 is 0 Å². The van der Waals surface area contributed by atoms with Gasteiger partial charge in [-0.1, -0.05) is 6.07 Å². The molecule has 4 nitrogen and oxygen atoms in total. The number of aliphatic hydroxyl groups excluding tert-OH is 2. The summed E-state index contributed by atoms with van der Waals surface area (Å²) in [7, 11) is 3.54. The number of aliphatic hydroxyl groups is 2. The van der Waals surface area contributed by atoms with Gasteiger partial charge < -0.3 is 14.9 Å². The molecule has 102 valence electrons. The van der Waals surface area contributed by atoms with E-state index in [-0.39, 0.29) is 19.3 Å². The molecule has 0 heterocycles. The quantitative estimate of drug-likeness (QED) is 0.797. The number of hydrogen-bond acceptors (Lipinski definition) is 4. The molecule has 0 spiro atoms. The molecule has 0 atom stereocenters. The number of ether oxygens (including phenoxy) is 1. The van der Waals surface area contributed by atoms with E-state index in [1.807, 2.05) is 31.9 Å². The van der Waals surface area contributed by atoms with E-state index in [4.69, 9.17) is 4.74 Å². The lowest BCUT2D eigenvalue weighted by Gasteiger charge is -2.26. The van der Waals surface area contributed by atoms with Crippen molar-refractivity contribution in [3.05, 3.63) is 28.8 Å². The van der Waals surface area contributed by atoms with E-state index in [1.165, 1.54) is 0 Å². The average molecular weight is 253 g/mol. The third kappa shape index (κ3) is 3.45. The first-order chi connectivity index (χ1) is 8.53. The summed E-state index contributed by atoms with van der Waals surface area (Å²) in [5.74, 6) is 0.856. The lowest BCUT2D eigenvalue weighted by Crippen LogP contribution is -2.37. The number of rotatable bonds is 6. The lowest BCUT2D eigenvalue weighted by molar-refractivity contribution is 0.0867. The number of benzene rings is 1. The molecule has 0 saturated carbocycles. The highest BCUT2D eigenvalue weighted by atomic mass is 16.5. The van der Waals surface area contributed by atoms with Crippen LogP contribution in [0.1, 0.15) is 16.7 Å². The second-order valence-corrected chi connectivity index (χ2v) is 4.70. The maximum Gasteiger partial charge on any atom is 0.123 e. The van der Waals surface area contributed by atoms with Gasteiger partial charge in [0.1, 0.15) is 5.75 Å². The van der Waals surface area contributed by atoms with E-state index in [2.05, 4.69) is 6.07 Å². The van der Waals surface area contributed by atoms with Crippen LogP contribution in [0.5, 0.6) is 5.75 Å². The fraction of sp³-hybridized carbons (Fsp3) is 0.571. The zero-order valence-electron chi connectivity index (χ0n) is 11.6. The maximum atomic E-state index is 9.18. The molecule has 1 rings (SSSR count). The van der Waals surface area contributed by atoms with Crippen molar-refractivity contribution in [3.8, 4) is 5.75 Å². The molecule has 0 saturated heterocycles. The number of aryl methyl sites for hydroxylation is 2. The van der Waals surface area contributed by atoms with Gasteiger partial charge in [0, 0.05) is 12.1 Å². The first-order valence-electron chi connectivity index (χ1n) is 6.09. The third-order valence-corrected chi connectivity index (χ3v) is 3.25. The van der Waals surface area contributed by atoms with Crippen LogP contribution in [0.3, 0.4) is 0 Å². The van der Waals surface area contributed by atoms with Crippen molar-refractivity contribution >= 4 is 0 Å². The highest BCUT2D eigenvalue weighted by Gasteiger charge is 2.16. The van der Waals surface area contributed by atoms with Crippen LogP contribution in [0.4, 0.5) is 0 Å². The molecule has 0 aliphatic heterocycles. The number of methoxy groups -OCH3 is 1. The van der Waals surface area contributed by atoms with Crippen molar-refractivity contribution in [3.63, 3.8) is 0 Å². The van der Waals surface area contributed by atoms with Crippen LogP contribution in [-0.2, 0) is 6.54 Å². The third-order valence-electron chi connectivity index (χ3n) is 3.25. The lowest BCUT2D eigenvalue weighted by atomic mass is 10.0. The Morgan fingerprint density at radius 2 is 1.83 bits per heavy atom. The minimum Gasteiger partial charge on any atom is -0.496 e. The fourth-order valence-electron chi connectivity index (χ4n) is 2.06.